The van der Waals surface area contributed by atoms with Crippen LogP contribution in [0.1, 0.15) is 84.3 Å². The highest BCUT2D eigenvalue weighted by Gasteiger charge is 2.58. The zero-order valence-corrected chi connectivity index (χ0v) is 20.5. The predicted octanol–water partition coefficient (Wildman–Crippen LogP) is 5.23. The third-order valence-electron chi connectivity index (χ3n) is 10.2. The van der Waals surface area contributed by atoms with Gasteiger partial charge in [0.15, 0.2) is 5.78 Å². The van der Waals surface area contributed by atoms with Crippen LogP contribution in [0.4, 0.5) is 5.82 Å². The van der Waals surface area contributed by atoms with Crippen molar-refractivity contribution < 1.29 is 9.90 Å². The molecule has 0 bridgehead atoms. The predicted molar refractivity (Wildman–Crippen MR) is 130 cm³/mol. The molecule has 0 amide bonds. The maximum Gasteiger partial charge on any atom is 0.201 e. The highest BCUT2D eigenvalue weighted by molar-refractivity contribution is 5.82. The Morgan fingerprint density at radius 1 is 1.15 bits per heavy atom. The summed E-state index contributed by atoms with van der Waals surface area (Å²) in [5.74, 6) is 4.58. The van der Waals surface area contributed by atoms with Gasteiger partial charge in [0.25, 0.3) is 0 Å². The van der Waals surface area contributed by atoms with Crippen molar-refractivity contribution in [2.24, 2.45) is 45.9 Å². The van der Waals surface area contributed by atoms with Crippen LogP contribution in [0.15, 0.2) is 11.1 Å². The SMILES string of the molecule is C=Nc1nnn(CC(=O)[C@H]2CC[C@H]3[C@@H]4CC[C@@H]5C[C@](C)(O)CC[C@@H]5[C@H]4CC[C@]23C)c1/C=C\C. The Kier molecular flexibility index (Phi) is 5.87. The molecule has 4 aliphatic rings. The largest absolute Gasteiger partial charge is 0.390 e. The number of carbonyl (C=O) groups is 1. The Morgan fingerprint density at radius 3 is 2.70 bits per heavy atom. The molecule has 0 aromatic carbocycles. The molecular weight excluding hydrogens is 412 g/mol. The Morgan fingerprint density at radius 2 is 1.94 bits per heavy atom. The van der Waals surface area contributed by atoms with Crippen molar-refractivity contribution in [2.75, 3.05) is 0 Å². The van der Waals surface area contributed by atoms with Gasteiger partial charge in [0.05, 0.1) is 5.60 Å². The topological polar surface area (TPSA) is 80.4 Å². The van der Waals surface area contributed by atoms with E-state index in [1.165, 1.54) is 32.1 Å². The summed E-state index contributed by atoms with van der Waals surface area (Å²) in [6.45, 7) is 10.2. The Balaban J connectivity index is 1.32. The van der Waals surface area contributed by atoms with Gasteiger partial charge in [0, 0.05) is 5.92 Å². The Labute approximate surface area is 197 Å². The van der Waals surface area contributed by atoms with E-state index < -0.39 is 5.60 Å². The number of aromatic nitrogens is 3. The maximum absolute atomic E-state index is 13.6. The van der Waals surface area contributed by atoms with Crippen molar-refractivity contribution in [3.05, 3.63) is 11.8 Å². The number of fused-ring (bicyclic) bond motifs is 5. The molecule has 4 fully saturated rings. The van der Waals surface area contributed by atoms with E-state index in [1.54, 1.807) is 4.68 Å². The lowest BCUT2D eigenvalue weighted by atomic mass is 9.49. The van der Waals surface area contributed by atoms with Gasteiger partial charge in [-0.3, -0.25) is 4.79 Å². The summed E-state index contributed by atoms with van der Waals surface area (Å²) in [5.41, 5.74) is 0.401. The number of aliphatic hydroxyl groups is 1. The summed E-state index contributed by atoms with van der Waals surface area (Å²) >= 11 is 0. The van der Waals surface area contributed by atoms with Gasteiger partial charge in [-0.25, -0.2) is 9.67 Å². The Bertz CT molecular complexity index is 950. The minimum absolute atomic E-state index is 0.103. The number of aliphatic imine (C=N–C) groups is 1. The fraction of sp³-hybridized carbons (Fsp3) is 0.778. The average Bonchev–Trinajstić information content (AvgIpc) is 3.33. The molecule has 0 radical (unpaired) electrons. The molecule has 6 nitrogen and oxygen atoms in total. The number of nitrogens with zero attached hydrogens (tertiary/aromatic N) is 4. The second-order valence-electron chi connectivity index (χ2n) is 11.9. The van der Waals surface area contributed by atoms with Gasteiger partial charge in [0.2, 0.25) is 5.82 Å². The van der Waals surface area contributed by atoms with Gasteiger partial charge in [-0.05, 0) is 119 Å². The average molecular weight is 453 g/mol. The van der Waals surface area contributed by atoms with E-state index in [0.29, 0.717) is 23.4 Å². The van der Waals surface area contributed by atoms with Crippen molar-refractivity contribution in [1.82, 2.24) is 15.0 Å². The smallest absolute Gasteiger partial charge is 0.201 e. The normalized spacial score (nSPS) is 42.5. The molecule has 180 valence electrons. The number of hydrogen-bond acceptors (Lipinski definition) is 5. The van der Waals surface area contributed by atoms with Crippen LogP contribution in [0.5, 0.6) is 0 Å². The molecule has 8 atom stereocenters. The number of ketones is 1. The van der Waals surface area contributed by atoms with E-state index in [0.717, 1.165) is 49.1 Å². The van der Waals surface area contributed by atoms with Gasteiger partial charge in [-0.2, -0.15) is 0 Å². The molecule has 1 heterocycles. The van der Waals surface area contributed by atoms with E-state index in [2.05, 4.69) is 28.9 Å². The summed E-state index contributed by atoms with van der Waals surface area (Å²) in [6, 6.07) is 0. The first kappa shape index (κ1) is 22.9. The molecular formula is C27H40N4O2. The van der Waals surface area contributed by atoms with Crippen LogP contribution in [-0.4, -0.2) is 38.2 Å². The maximum atomic E-state index is 13.6. The highest BCUT2D eigenvalue weighted by Crippen LogP contribution is 2.64. The van der Waals surface area contributed by atoms with Gasteiger partial charge in [-0.1, -0.05) is 18.2 Å². The third kappa shape index (κ3) is 3.82. The first-order chi connectivity index (χ1) is 15.8. The molecule has 0 unspecified atom stereocenters. The molecule has 0 spiro atoms. The van der Waals surface area contributed by atoms with Crippen LogP contribution in [0, 0.1) is 40.9 Å². The van der Waals surface area contributed by atoms with Crippen LogP contribution < -0.4 is 0 Å². The second kappa shape index (κ2) is 8.44. The van der Waals surface area contributed by atoms with E-state index in [-0.39, 0.29) is 17.9 Å². The van der Waals surface area contributed by atoms with Gasteiger partial charge in [-0.15, -0.1) is 5.10 Å². The summed E-state index contributed by atoms with van der Waals surface area (Å²) in [6.07, 6.45) is 14.1. The second-order valence-corrected chi connectivity index (χ2v) is 11.9. The van der Waals surface area contributed by atoms with Crippen LogP contribution >= 0.6 is 0 Å². The first-order valence-electron chi connectivity index (χ1n) is 13.1. The zero-order valence-electron chi connectivity index (χ0n) is 20.5. The van der Waals surface area contributed by atoms with Crippen LogP contribution in [0.3, 0.4) is 0 Å². The molecule has 1 N–H and O–H groups in total. The minimum Gasteiger partial charge on any atom is -0.390 e. The van der Waals surface area contributed by atoms with E-state index >= 15 is 0 Å². The standard InChI is InChI=1S/C27H40N4O2/c1-5-6-23-25(28-4)29-30-31(23)16-24(32)22-10-9-21-20-8-7-17-15-26(2,33)13-11-18(17)19(20)12-14-27(21,22)3/h5-6,17-22,33H,4,7-16H2,1-3H3/b6-5-/t17-,18+,19-,20-,21+,22-,26-,27+/m1/s1. The summed E-state index contributed by atoms with van der Waals surface area (Å²) in [7, 11) is 0. The summed E-state index contributed by atoms with van der Waals surface area (Å²) < 4.78 is 1.70. The molecule has 4 aliphatic carbocycles. The first-order valence-corrected chi connectivity index (χ1v) is 13.1. The monoisotopic (exact) mass is 452 g/mol. The summed E-state index contributed by atoms with van der Waals surface area (Å²) in [5, 5.41) is 18.9. The molecule has 1 aromatic rings. The lowest BCUT2D eigenvalue weighted by Gasteiger charge is -2.56. The van der Waals surface area contributed by atoms with Crippen molar-refractivity contribution >= 4 is 24.4 Å². The van der Waals surface area contributed by atoms with E-state index in [1.807, 2.05) is 26.0 Å². The van der Waals surface area contributed by atoms with Gasteiger partial charge >= 0.3 is 0 Å². The van der Waals surface area contributed by atoms with Crippen LogP contribution in [-0.2, 0) is 11.3 Å². The van der Waals surface area contributed by atoms with Crippen molar-refractivity contribution in [1.29, 1.82) is 0 Å². The number of carbonyl (C=O) groups excluding carboxylic acids is 1. The molecule has 33 heavy (non-hydrogen) atoms. The quantitative estimate of drug-likeness (QED) is 0.620. The number of allylic oxidation sites excluding steroid dienone is 1. The lowest BCUT2D eigenvalue weighted by Crippen LogP contribution is -2.51. The molecule has 5 rings (SSSR count). The summed E-state index contributed by atoms with van der Waals surface area (Å²) in [4.78, 5) is 17.6. The molecule has 0 aliphatic heterocycles. The van der Waals surface area contributed by atoms with Crippen molar-refractivity contribution in [3.8, 4) is 0 Å². The number of Topliss-reactive ketones (excluding diaryl/α,β-unsaturated/α-hetero) is 1. The lowest BCUT2D eigenvalue weighted by molar-refractivity contribution is -0.133. The van der Waals surface area contributed by atoms with E-state index in [9.17, 15) is 9.90 Å². The van der Waals surface area contributed by atoms with Gasteiger partial charge < -0.3 is 5.11 Å². The minimum atomic E-state index is -0.462. The van der Waals surface area contributed by atoms with Crippen LogP contribution in [0.25, 0.3) is 6.08 Å². The molecule has 4 saturated carbocycles. The van der Waals surface area contributed by atoms with E-state index in [4.69, 9.17) is 0 Å². The van der Waals surface area contributed by atoms with Crippen molar-refractivity contribution in [2.45, 2.75) is 90.7 Å². The fourth-order valence-corrected chi connectivity index (χ4v) is 8.73. The third-order valence-corrected chi connectivity index (χ3v) is 10.2. The van der Waals surface area contributed by atoms with Crippen LogP contribution in [0.2, 0.25) is 0 Å². The van der Waals surface area contributed by atoms with Gasteiger partial charge in [0.1, 0.15) is 12.2 Å². The molecule has 0 saturated heterocycles. The fourth-order valence-electron chi connectivity index (χ4n) is 8.73. The number of rotatable bonds is 5. The zero-order chi connectivity index (χ0) is 23.4. The van der Waals surface area contributed by atoms with Crippen molar-refractivity contribution in [3.63, 3.8) is 0 Å². The highest BCUT2D eigenvalue weighted by atomic mass is 16.3. The Hall–Kier alpha value is -1.82. The molecule has 6 heteroatoms. The number of hydrogen-bond donors (Lipinski definition) is 1. The molecule has 1 aromatic heterocycles.